The molecule has 0 radical (unpaired) electrons. The molecular weight excluding hydrogens is 683 g/mol. The summed E-state index contributed by atoms with van der Waals surface area (Å²) in [5, 5.41) is 14.0. The predicted octanol–water partition coefficient (Wildman–Crippen LogP) is 8.36. The summed E-state index contributed by atoms with van der Waals surface area (Å²) in [7, 11) is 2.15. The number of nitrogens with zero attached hydrogens (tertiary/aromatic N) is 3. The van der Waals surface area contributed by atoms with Crippen molar-refractivity contribution in [3.63, 3.8) is 0 Å². The average molecular weight is 726 g/mol. The summed E-state index contributed by atoms with van der Waals surface area (Å²) in [6, 6.07) is 20.0. The summed E-state index contributed by atoms with van der Waals surface area (Å²) in [4.78, 5) is 18.3. The Morgan fingerprint density at radius 3 is 2.63 bits per heavy atom. The number of rotatable bonds is 13. The molecular formula is C41H42Cl2N4O4. The average Bonchev–Trinajstić information content (AvgIpc) is 3.88. The maximum absolute atomic E-state index is 11.8. The van der Waals surface area contributed by atoms with Gasteiger partial charge >= 0.3 is 0 Å². The van der Waals surface area contributed by atoms with Gasteiger partial charge in [-0.15, -0.1) is 0 Å². The number of Topliss-reactive ketones (excluding diaryl/α,β-unsaturated/α-hetero) is 1. The molecule has 4 aromatic rings. The fourth-order valence-electron chi connectivity index (χ4n) is 7.55. The second-order valence-electron chi connectivity index (χ2n) is 14.0. The third-order valence-electron chi connectivity index (χ3n) is 10.2. The summed E-state index contributed by atoms with van der Waals surface area (Å²) in [6.07, 6.45) is 7.98. The summed E-state index contributed by atoms with van der Waals surface area (Å²) in [5.74, 6) is 3.07. The van der Waals surface area contributed by atoms with E-state index in [0.29, 0.717) is 76.5 Å². The molecule has 0 spiro atoms. The van der Waals surface area contributed by atoms with E-state index < -0.39 is 0 Å². The molecule has 7 rings (SSSR count). The number of ketones is 1. The van der Waals surface area contributed by atoms with Crippen molar-refractivity contribution in [2.45, 2.75) is 57.8 Å². The molecule has 51 heavy (non-hydrogen) atoms. The van der Waals surface area contributed by atoms with Gasteiger partial charge in [0.1, 0.15) is 41.8 Å². The minimum Gasteiger partial charge on any atom is -0.492 e. The van der Waals surface area contributed by atoms with Crippen LogP contribution in [0, 0.1) is 23.2 Å². The number of benzene rings is 3. The predicted molar refractivity (Wildman–Crippen MR) is 198 cm³/mol. The first-order valence-electron chi connectivity index (χ1n) is 17.7. The second-order valence-corrected chi connectivity index (χ2v) is 14.8. The van der Waals surface area contributed by atoms with Gasteiger partial charge in [-0.25, -0.2) is 0 Å². The molecule has 2 aliphatic carbocycles. The van der Waals surface area contributed by atoms with E-state index in [4.69, 9.17) is 37.4 Å². The molecule has 264 valence electrons. The van der Waals surface area contributed by atoms with Gasteiger partial charge in [-0.3, -0.25) is 9.78 Å². The number of carbonyl (C=O) groups excluding carboxylic acids is 1. The Bertz CT molecular complexity index is 1950. The lowest BCUT2D eigenvalue weighted by Gasteiger charge is -2.20. The van der Waals surface area contributed by atoms with Crippen molar-refractivity contribution in [3.8, 4) is 34.4 Å². The molecule has 2 fully saturated rings. The Kier molecular flexibility index (Phi) is 11.1. The molecule has 1 unspecified atom stereocenters. The standard InChI is InChI=1S/C41H42Cl2N4O4/c1-47-13-12-27(23-47)24-49-38-7-3-6-35(41(38)43)32-4-2-5-34-33(32)10-11-37(34)51-40-17-39(50-25-29-14-28(18-44)20-45-21-29)30(16-36(40)42)22-46-19-26-8-9-31(48)15-26/h2-7,14,16-17,20-21,26-27,37,46H,8-13,15,19,22-25H2,1H3/t26-,27?,37+/m1/s1. The lowest BCUT2D eigenvalue weighted by atomic mass is 9.96. The molecule has 1 saturated heterocycles. The number of nitrogens with one attached hydrogen (secondary N) is 1. The molecule has 0 amide bonds. The van der Waals surface area contributed by atoms with Gasteiger partial charge in [0, 0.05) is 67.0 Å². The first-order chi connectivity index (χ1) is 24.8. The topological polar surface area (TPSA) is 96.7 Å². The van der Waals surface area contributed by atoms with Crippen LogP contribution in [0.4, 0.5) is 0 Å². The summed E-state index contributed by atoms with van der Waals surface area (Å²) in [5.41, 5.74) is 6.50. The fraction of sp³-hybridized carbons (Fsp3) is 0.390. The molecule has 2 heterocycles. The van der Waals surface area contributed by atoms with Gasteiger partial charge in [-0.2, -0.15) is 5.26 Å². The van der Waals surface area contributed by atoms with Crippen molar-refractivity contribution in [1.82, 2.24) is 15.2 Å². The van der Waals surface area contributed by atoms with Crippen molar-refractivity contribution in [1.29, 1.82) is 5.26 Å². The van der Waals surface area contributed by atoms with E-state index in [-0.39, 0.29) is 12.7 Å². The van der Waals surface area contributed by atoms with E-state index in [9.17, 15) is 10.1 Å². The lowest BCUT2D eigenvalue weighted by Crippen LogP contribution is -2.21. The number of aromatic nitrogens is 1. The van der Waals surface area contributed by atoms with Gasteiger partial charge in [0.15, 0.2) is 0 Å². The van der Waals surface area contributed by atoms with E-state index >= 15 is 0 Å². The van der Waals surface area contributed by atoms with E-state index in [1.54, 1.807) is 12.3 Å². The van der Waals surface area contributed by atoms with Gasteiger partial charge in [0.2, 0.25) is 0 Å². The van der Waals surface area contributed by atoms with E-state index in [2.05, 4.69) is 52.6 Å². The van der Waals surface area contributed by atoms with Crippen LogP contribution in [-0.2, 0) is 24.4 Å². The van der Waals surface area contributed by atoms with Gasteiger partial charge in [0.05, 0.1) is 22.2 Å². The van der Waals surface area contributed by atoms with Gasteiger partial charge in [0.25, 0.3) is 0 Å². The number of fused-ring (bicyclic) bond motifs is 1. The number of nitriles is 1. The molecule has 8 nitrogen and oxygen atoms in total. The van der Waals surface area contributed by atoms with Crippen LogP contribution in [0.25, 0.3) is 11.1 Å². The van der Waals surface area contributed by atoms with Crippen LogP contribution in [0.2, 0.25) is 10.0 Å². The lowest BCUT2D eigenvalue weighted by molar-refractivity contribution is -0.117. The van der Waals surface area contributed by atoms with Gasteiger partial charge in [-0.05, 0) is 86.6 Å². The van der Waals surface area contributed by atoms with Crippen LogP contribution in [0.1, 0.15) is 66.0 Å². The molecule has 3 atom stereocenters. The highest BCUT2D eigenvalue weighted by molar-refractivity contribution is 6.35. The molecule has 3 aromatic carbocycles. The Balaban J connectivity index is 1.10. The number of hydrogen-bond acceptors (Lipinski definition) is 8. The quantitative estimate of drug-likeness (QED) is 0.147. The Morgan fingerprint density at radius 2 is 1.82 bits per heavy atom. The second kappa shape index (κ2) is 16.0. The first kappa shape index (κ1) is 35.3. The van der Waals surface area contributed by atoms with Crippen molar-refractivity contribution in [2.24, 2.45) is 11.8 Å². The maximum Gasteiger partial charge on any atom is 0.142 e. The monoisotopic (exact) mass is 724 g/mol. The number of halogens is 2. The molecule has 3 aliphatic rings. The van der Waals surface area contributed by atoms with Crippen LogP contribution in [0.15, 0.2) is 67.0 Å². The zero-order chi connectivity index (χ0) is 35.3. The zero-order valence-corrected chi connectivity index (χ0v) is 30.3. The van der Waals surface area contributed by atoms with Gasteiger partial charge < -0.3 is 24.4 Å². The maximum atomic E-state index is 11.8. The normalized spacial score (nSPS) is 20.0. The van der Waals surface area contributed by atoms with Crippen molar-refractivity contribution in [2.75, 3.05) is 33.3 Å². The minimum atomic E-state index is -0.205. The molecule has 1 aromatic heterocycles. The molecule has 1 saturated carbocycles. The van der Waals surface area contributed by atoms with Crippen LogP contribution in [-0.4, -0.2) is 49.0 Å². The Morgan fingerprint density at radius 1 is 0.961 bits per heavy atom. The SMILES string of the molecule is CN1CCC(COc2cccc(-c3cccc4c3CC[C@@H]4Oc3cc(OCc4cncc(C#N)c4)c(CNC[C@@H]4CCC(=O)C4)cc3Cl)c2Cl)C1. The number of pyridine rings is 1. The number of ether oxygens (including phenoxy) is 3. The highest BCUT2D eigenvalue weighted by Crippen LogP contribution is 2.45. The van der Waals surface area contributed by atoms with Crippen molar-refractivity contribution < 1.29 is 19.0 Å². The van der Waals surface area contributed by atoms with Crippen molar-refractivity contribution in [3.05, 3.63) is 105 Å². The molecule has 1 aliphatic heterocycles. The Hall–Kier alpha value is -4.13. The van der Waals surface area contributed by atoms with E-state index in [0.717, 1.165) is 73.1 Å². The number of likely N-dealkylation sites (tertiary alicyclic amines) is 1. The van der Waals surface area contributed by atoms with Crippen LogP contribution in [0.5, 0.6) is 17.2 Å². The van der Waals surface area contributed by atoms with E-state index in [1.807, 2.05) is 24.3 Å². The first-order valence-corrected chi connectivity index (χ1v) is 18.5. The summed E-state index contributed by atoms with van der Waals surface area (Å²) >= 11 is 13.9. The van der Waals surface area contributed by atoms with E-state index in [1.165, 1.54) is 11.8 Å². The number of hydrogen-bond donors (Lipinski definition) is 1. The van der Waals surface area contributed by atoms with Crippen LogP contribution >= 0.6 is 23.2 Å². The summed E-state index contributed by atoms with van der Waals surface area (Å²) in [6.45, 7) is 4.29. The molecule has 0 bridgehead atoms. The number of carbonyl (C=O) groups is 1. The fourth-order valence-corrected chi connectivity index (χ4v) is 8.06. The highest BCUT2D eigenvalue weighted by atomic mass is 35.5. The van der Waals surface area contributed by atoms with Crippen LogP contribution < -0.4 is 19.5 Å². The van der Waals surface area contributed by atoms with Gasteiger partial charge in [-0.1, -0.05) is 53.5 Å². The molecule has 10 heteroatoms. The largest absolute Gasteiger partial charge is 0.492 e. The minimum absolute atomic E-state index is 0.205. The highest BCUT2D eigenvalue weighted by Gasteiger charge is 2.29. The Labute approximate surface area is 309 Å². The summed E-state index contributed by atoms with van der Waals surface area (Å²) < 4.78 is 19.3. The smallest absolute Gasteiger partial charge is 0.142 e. The molecule has 1 N–H and O–H groups in total. The zero-order valence-electron chi connectivity index (χ0n) is 28.8. The third-order valence-corrected chi connectivity index (χ3v) is 10.9. The third kappa shape index (κ3) is 8.34. The van der Waals surface area contributed by atoms with Crippen molar-refractivity contribution >= 4 is 29.0 Å². The van der Waals surface area contributed by atoms with Crippen LogP contribution in [0.3, 0.4) is 0 Å².